The topological polar surface area (TPSA) is 48.0 Å². The zero-order valence-electron chi connectivity index (χ0n) is 11.4. The molecule has 0 spiro atoms. The van der Waals surface area contributed by atoms with Crippen LogP contribution in [-0.4, -0.2) is 18.5 Å². The molecule has 1 aromatic heterocycles. The lowest BCUT2D eigenvalue weighted by atomic mass is 10.1. The molecule has 4 heteroatoms. The normalized spacial score (nSPS) is 12.0. The highest BCUT2D eigenvalue weighted by atomic mass is 28.3. The first-order valence-corrected chi connectivity index (χ1v) is 9.66. The molecular formula is C14H20N2OSi. The van der Waals surface area contributed by atoms with Gasteiger partial charge in [0.1, 0.15) is 0 Å². The number of nitrogens with two attached hydrogens (primary N) is 1. The molecule has 3 nitrogen and oxygen atoms in total. The summed E-state index contributed by atoms with van der Waals surface area (Å²) in [6.07, 6.45) is 0.313. The van der Waals surface area contributed by atoms with Crippen molar-refractivity contribution in [1.82, 2.24) is 4.57 Å². The van der Waals surface area contributed by atoms with Crippen molar-refractivity contribution in [3.63, 3.8) is 0 Å². The average molecular weight is 260 g/mol. The van der Waals surface area contributed by atoms with E-state index in [9.17, 15) is 4.79 Å². The molecule has 0 atom stereocenters. The molecule has 1 aromatic carbocycles. The summed E-state index contributed by atoms with van der Waals surface area (Å²) in [5.74, 6) is -0.282. The van der Waals surface area contributed by atoms with E-state index in [0.29, 0.717) is 6.42 Å². The van der Waals surface area contributed by atoms with Crippen molar-refractivity contribution in [1.29, 1.82) is 0 Å². The molecule has 0 aliphatic carbocycles. The van der Waals surface area contributed by atoms with Gasteiger partial charge in [-0.05, 0) is 29.1 Å². The molecule has 0 aliphatic heterocycles. The SMILES string of the molecule is Cn1c([Si](C)(C)C)cc2cc(CC(N)=O)ccc21. The highest BCUT2D eigenvalue weighted by Crippen LogP contribution is 2.18. The Morgan fingerprint density at radius 1 is 1.28 bits per heavy atom. The monoisotopic (exact) mass is 260 g/mol. The molecule has 0 aliphatic rings. The van der Waals surface area contributed by atoms with Gasteiger partial charge in [-0.15, -0.1) is 0 Å². The minimum absolute atomic E-state index is 0.282. The van der Waals surface area contributed by atoms with Gasteiger partial charge in [0, 0.05) is 17.9 Å². The van der Waals surface area contributed by atoms with Crippen LogP contribution in [-0.2, 0) is 18.3 Å². The van der Waals surface area contributed by atoms with Gasteiger partial charge in [-0.3, -0.25) is 4.79 Å². The number of aryl methyl sites for hydroxylation is 1. The van der Waals surface area contributed by atoms with Gasteiger partial charge in [0.2, 0.25) is 5.91 Å². The second-order valence-electron chi connectivity index (χ2n) is 5.87. The molecule has 2 aromatic rings. The van der Waals surface area contributed by atoms with Crippen LogP contribution in [0.15, 0.2) is 24.3 Å². The number of hydrogen-bond donors (Lipinski definition) is 1. The fourth-order valence-electron chi connectivity index (χ4n) is 2.43. The number of hydrogen-bond acceptors (Lipinski definition) is 1. The van der Waals surface area contributed by atoms with Crippen molar-refractivity contribution in [2.24, 2.45) is 12.8 Å². The summed E-state index contributed by atoms with van der Waals surface area (Å²) in [5.41, 5.74) is 7.45. The van der Waals surface area contributed by atoms with E-state index in [0.717, 1.165) is 5.56 Å². The molecule has 0 radical (unpaired) electrons. The van der Waals surface area contributed by atoms with Crippen molar-refractivity contribution in [3.05, 3.63) is 29.8 Å². The Labute approximate surface area is 109 Å². The van der Waals surface area contributed by atoms with E-state index in [2.05, 4.69) is 49.5 Å². The summed E-state index contributed by atoms with van der Waals surface area (Å²) in [6.45, 7) is 7.02. The van der Waals surface area contributed by atoms with Crippen LogP contribution in [0.2, 0.25) is 19.6 Å². The second kappa shape index (κ2) is 4.28. The molecule has 0 unspecified atom stereocenters. The van der Waals surface area contributed by atoms with Gasteiger partial charge in [0.25, 0.3) is 0 Å². The Balaban J connectivity index is 2.55. The Morgan fingerprint density at radius 2 is 1.94 bits per heavy atom. The third-order valence-electron chi connectivity index (χ3n) is 3.25. The van der Waals surface area contributed by atoms with Crippen LogP contribution in [0, 0.1) is 0 Å². The zero-order valence-corrected chi connectivity index (χ0v) is 12.4. The third kappa shape index (κ3) is 2.34. The number of nitrogens with zero attached hydrogens (tertiary/aromatic N) is 1. The van der Waals surface area contributed by atoms with Crippen LogP contribution < -0.4 is 11.1 Å². The van der Waals surface area contributed by atoms with Crippen LogP contribution in [0.1, 0.15) is 5.56 Å². The Hall–Kier alpha value is -1.55. The van der Waals surface area contributed by atoms with E-state index in [1.165, 1.54) is 16.2 Å². The van der Waals surface area contributed by atoms with Crippen LogP contribution >= 0.6 is 0 Å². The summed E-state index contributed by atoms with van der Waals surface area (Å²) in [7, 11) is 0.776. The molecule has 0 fully saturated rings. The Bertz CT molecular complexity index is 608. The number of rotatable bonds is 3. The molecule has 0 bridgehead atoms. The number of aromatic nitrogens is 1. The number of fused-ring (bicyclic) bond motifs is 1. The fraction of sp³-hybridized carbons (Fsp3) is 0.357. The van der Waals surface area contributed by atoms with Crippen molar-refractivity contribution >= 4 is 30.2 Å². The molecule has 0 saturated carbocycles. The zero-order chi connectivity index (χ0) is 13.5. The lowest BCUT2D eigenvalue weighted by Crippen LogP contribution is -2.41. The maximum atomic E-state index is 11.0. The number of benzene rings is 1. The van der Waals surface area contributed by atoms with E-state index in [1.54, 1.807) is 0 Å². The number of carbonyl (C=O) groups excluding carboxylic acids is 1. The van der Waals surface area contributed by atoms with E-state index < -0.39 is 8.07 Å². The summed E-state index contributed by atoms with van der Waals surface area (Å²) < 4.78 is 2.27. The van der Waals surface area contributed by atoms with Gasteiger partial charge in [0.15, 0.2) is 0 Å². The maximum Gasteiger partial charge on any atom is 0.221 e. The standard InChI is InChI=1S/C14H20N2OSi/c1-16-12-6-5-10(8-13(15)17)7-11(12)9-14(16)18(2,3)4/h5-7,9H,8H2,1-4H3,(H2,15,17). The highest BCUT2D eigenvalue weighted by Gasteiger charge is 2.21. The van der Waals surface area contributed by atoms with Gasteiger partial charge < -0.3 is 10.3 Å². The van der Waals surface area contributed by atoms with E-state index in [1.807, 2.05) is 6.07 Å². The third-order valence-corrected chi connectivity index (χ3v) is 5.27. The van der Waals surface area contributed by atoms with Crippen molar-refractivity contribution < 1.29 is 4.79 Å². The summed E-state index contributed by atoms with van der Waals surface area (Å²) in [4.78, 5) is 11.0. The van der Waals surface area contributed by atoms with Gasteiger partial charge in [-0.1, -0.05) is 25.7 Å². The van der Waals surface area contributed by atoms with E-state index in [4.69, 9.17) is 5.73 Å². The molecule has 18 heavy (non-hydrogen) atoms. The molecular weight excluding hydrogens is 240 g/mol. The van der Waals surface area contributed by atoms with Gasteiger partial charge in [-0.2, -0.15) is 0 Å². The first kappa shape index (κ1) is 12.9. The molecule has 2 rings (SSSR count). The number of carbonyl (C=O) groups is 1. The lowest BCUT2D eigenvalue weighted by Gasteiger charge is -2.17. The maximum absolute atomic E-state index is 11.0. The number of primary amides is 1. The molecule has 96 valence electrons. The van der Waals surface area contributed by atoms with Crippen LogP contribution in [0.4, 0.5) is 0 Å². The van der Waals surface area contributed by atoms with Crippen molar-refractivity contribution in [2.45, 2.75) is 26.1 Å². The van der Waals surface area contributed by atoms with Gasteiger partial charge >= 0.3 is 0 Å². The minimum Gasteiger partial charge on any atom is -0.369 e. The van der Waals surface area contributed by atoms with Crippen molar-refractivity contribution in [3.8, 4) is 0 Å². The van der Waals surface area contributed by atoms with Crippen molar-refractivity contribution in [2.75, 3.05) is 0 Å². The molecule has 1 amide bonds. The predicted octanol–water partition coefficient (Wildman–Crippen LogP) is 1.75. The molecule has 0 saturated heterocycles. The second-order valence-corrected chi connectivity index (χ2v) is 10.9. The first-order chi connectivity index (χ1) is 8.29. The Kier molecular flexibility index (Phi) is 3.07. The predicted molar refractivity (Wildman–Crippen MR) is 78.8 cm³/mol. The molecule has 1 heterocycles. The van der Waals surface area contributed by atoms with Crippen LogP contribution in [0.25, 0.3) is 10.9 Å². The summed E-state index contributed by atoms with van der Waals surface area (Å²) >= 11 is 0. The lowest BCUT2D eigenvalue weighted by molar-refractivity contribution is -0.117. The average Bonchev–Trinajstić information content (AvgIpc) is 2.54. The van der Waals surface area contributed by atoms with E-state index in [-0.39, 0.29) is 5.91 Å². The molecule has 2 N–H and O–H groups in total. The summed E-state index contributed by atoms with van der Waals surface area (Å²) in [5, 5.41) is 2.63. The number of amides is 1. The quantitative estimate of drug-likeness (QED) is 0.840. The largest absolute Gasteiger partial charge is 0.369 e. The van der Waals surface area contributed by atoms with E-state index >= 15 is 0 Å². The Morgan fingerprint density at radius 3 is 2.50 bits per heavy atom. The fourth-order valence-corrected chi connectivity index (χ4v) is 4.14. The van der Waals surface area contributed by atoms with Crippen LogP contribution in [0.5, 0.6) is 0 Å². The summed E-state index contributed by atoms with van der Waals surface area (Å²) in [6, 6.07) is 8.40. The van der Waals surface area contributed by atoms with Crippen LogP contribution in [0.3, 0.4) is 0 Å². The first-order valence-electron chi connectivity index (χ1n) is 6.16. The smallest absolute Gasteiger partial charge is 0.221 e. The highest BCUT2D eigenvalue weighted by molar-refractivity contribution is 6.88. The van der Waals surface area contributed by atoms with Gasteiger partial charge in [0.05, 0.1) is 14.5 Å². The van der Waals surface area contributed by atoms with Gasteiger partial charge in [-0.25, -0.2) is 0 Å². The minimum atomic E-state index is -1.34.